The van der Waals surface area contributed by atoms with Gasteiger partial charge < -0.3 is 4.74 Å². The zero-order chi connectivity index (χ0) is 10.9. The smallest absolute Gasteiger partial charge is 0.117 e. The Morgan fingerprint density at radius 1 is 1.20 bits per heavy atom. The summed E-state index contributed by atoms with van der Waals surface area (Å²) in [6.45, 7) is 3.61. The lowest BCUT2D eigenvalue weighted by Gasteiger charge is -1.97. The van der Waals surface area contributed by atoms with Crippen LogP contribution in [0.3, 0.4) is 0 Å². The maximum absolute atomic E-state index is 5.62. The molecule has 0 aliphatic rings. The molecule has 0 N–H and O–H groups in total. The summed E-state index contributed by atoms with van der Waals surface area (Å²) in [4.78, 5) is 0. The number of hydrogen-bond acceptors (Lipinski definition) is 4. The third-order valence-corrected chi connectivity index (χ3v) is 3.23. The summed E-state index contributed by atoms with van der Waals surface area (Å²) < 4.78 is 5.27. The zero-order valence-corrected chi connectivity index (χ0v) is 10.6. The zero-order valence-electron chi connectivity index (χ0n) is 9.04. The van der Waals surface area contributed by atoms with Crippen molar-refractivity contribution < 1.29 is 4.74 Å². The van der Waals surface area contributed by atoms with Crippen LogP contribution in [0.4, 0.5) is 0 Å². The Balaban J connectivity index is 2.20. The van der Waals surface area contributed by atoms with E-state index in [1.807, 2.05) is 6.92 Å². The summed E-state index contributed by atoms with van der Waals surface area (Å²) in [7, 11) is 0. The first kappa shape index (κ1) is 12.9. The number of aryl methyl sites for hydroxylation is 2. The fraction of sp³-hybridized carbons (Fsp3) is 0.800. The van der Waals surface area contributed by atoms with Crippen LogP contribution in [-0.2, 0) is 17.6 Å². The standard InChI is InChI=1S/C10H17ClN2OS/c1-2-14-8-4-6-10-13-12-9(15-10)5-3-7-11/h2-8H2,1H3. The van der Waals surface area contributed by atoms with E-state index in [0.717, 1.165) is 48.9 Å². The fourth-order valence-electron chi connectivity index (χ4n) is 1.18. The average molecular weight is 249 g/mol. The molecule has 86 valence electrons. The minimum absolute atomic E-state index is 0.694. The topological polar surface area (TPSA) is 35.0 Å². The van der Waals surface area contributed by atoms with Crippen molar-refractivity contribution in [3.63, 3.8) is 0 Å². The summed E-state index contributed by atoms with van der Waals surface area (Å²) >= 11 is 7.31. The number of halogens is 1. The summed E-state index contributed by atoms with van der Waals surface area (Å²) in [6.07, 6.45) is 3.93. The van der Waals surface area contributed by atoms with Crippen LogP contribution in [0.1, 0.15) is 29.8 Å². The molecule has 0 unspecified atom stereocenters. The lowest BCUT2D eigenvalue weighted by atomic mass is 10.3. The predicted octanol–water partition coefficient (Wildman–Crippen LogP) is 2.68. The van der Waals surface area contributed by atoms with Crippen LogP contribution < -0.4 is 0 Å². The normalized spacial score (nSPS) is 10.8. The fourth-order valence-corrected chi connectivity index (χ4v) is 2.24. The molecule has 0 aliphatic carbocycles. The third-order valence-electron chi connectivity index (χ3n) is 1.92. The molecule has 1 heterocycles. The van der Waals surface area contributed by atoms with Crippen LogP contribution in [0.5, 0.6) is 0 Å². The SMILES string of the molecule is CCOCCCc1nnc(CCCCl)s1. The Morgan fingerprint density at radius 3 is 2.47 bits per heavy atom. The quantitative estimate of drug-likeness (QED) is 0.524. The maximum atomic E-state index is 5.62. The highest BCUT2D eigenvalue weighted by Crippen LogP contribution is 2.13. The van der Waals surface area contributed by atoms with Crippen LogP contribution in [0.25, 0.3) is 0 Å². The molecular formula is C10H17ClN2OS. The molecule has 5 heteroatoms. The van der Waals surface area contributed by atoms with Gasteiger partial charge in [-0.15, -0.1) is 33.1 Å². The molecular weight excluding hydrogens is 232 g/mol. The van der Waals surface area contributed by atoms with Crippen molar-refractivity contribution in [3.8, 4) is 0 Å². The van der Waals surface area contributed by atoms with Gasteiger partial charge in [-0.2, -0.15) is 0 Å². The van der Waals surface area contributed by atoms with Gasteiger partial charge in [0.05, 0.1) is 0 Å². The Labute approximate surface area is 99.8 Å². The van der Waals surface area contributed by atoms with Crippen molar-refractivity contribution in [2.75, 3.05) is 19.1 Å². The highest BCUT2D eigenvalue weighted by molar-refractivity contribution is 7.11. The first-order valence-corrected chi connectivity index (χ1v) is 6.67. The van der Waals surface area contributed by atoms with E-state index in [1.54, 1.807) is 11.3 Å². The summed E-state index contributed by atoms with van der Waals surface area (Å²) in [5, 5.41) is 10.5. The minimum Gasteiger partial charge on any atom is -0.382 e. The Morgan fingerprint density at radius 2 is 1.87 bits per heavy atom. The molecule has 0 saturated heterocycles. The number of alkyl halides is 1. The first-order chi connectivity index (χ1) is 7.36. The molecule has 0 saturated carbocycles. The molecule has 15 heavy (non-hydrogen) atoms. The van der Waals surface area contributed by atoms with Crippen molar-refractivity contribution in [1.82, 2.24) is 10.2 Å². The van der Waals surface area contributed by atoms with Crippen LogP contribution in [0.2, 0.25) is 0 Å². The summed E-state index contributed by atoms with van der Waals surface area (Å²) in [5.41, 5.74) is 0. The molecule has 0 amide bonds. The number of rotatable bonds is 8. The van der Waals surface area contributed by atoms with E-state index >= 15 is 0 Å². The largest absolute Gasteiger partial charge is 0.382 e. The average Bonchev–Trinajstić information content (AvgIpc) is 2.69. The molecule has 1 rings (SSSR count). The first-order valence-electron chi connectivity index (χ1n) is 5.31. The second-order valence-corrected chi connectivity index (χ2v) is 4.71. The highest BCUT2D eigenvalue weighted by Gasteiger charge is 2.03. The van der Waals surface area contributed by atoms with Crippen molar-refractivity contribution in [2.24, 2.45) is 0 Å². The molecule has 1 aromatic rings. The van der Waals surface area contributed by atoms with Crippen molar-refractivity contribution >= 4 is 22.9 Å². The van der Waals surface area contributed by atoms with Gasteiger partial charge in [0.2, 0.25) is 0 Å². The summed E-state index contributed by atoms with van der Waals surface area (Å²) in [6, 6.07) is 0. The van der Waals surface area contributed by atoms with Crippen LogP contribution in [0.15, 0.2) is 0 Å². The van der Waals surface area contributed by atoms with Gasteiger partial charge in [0.1, 0.15) is 10.0 Å². The molecule has 0 bridgehead atoms. The van der Waals surface area contributed by atoms with E-state index in [2.05, 4.69) is 10.2 Å². The minimum atomic E-state index is 0.694. The second kappa shape index (κ2) is 8.02. The predicted molar refractivity (Wildman–Crippen MR) is 63.8 cm³/mol. The maximum Gasteiger partial charge on any atom is 0.117 e. The number of nitrogens with zero attached hydrogens (tertiary/aromatic N) is 2. The molecule has 0 aliphatic heterocycles. The third kappa shape index (κ3) is 5.44. The molecule has 0 fully saturated rings. The van der Waals surface area contributed by atoms with Gasteiger partial charge in [-0.3, -0.25) is 0 Å². The van der Waals surface area contributed by atoms with E-state index in [9.17, 15) is 0 Å². The van der Waals surface area contributed by atoms with Gasteiger partial charge in [0.15, 0.2) is 0 Å². The molecule has 3 nitrogen and oxygen atoms in total. The van der Waals surface area contributed by atoms with Crippen LogP contribution in [-0.4, -0.2) is 29.3 Å². The van der Waals surface area contributed by atoms with Crippen LogP contribution >= 0.6 is 22.9 Å². The van der Waals surface area contributed by atoms with Crippen LogP contribution in [0, 0.1) is 0 Å². The Bertz CT molecular complexity index is 268. The van der Waals surface area contributed by atoms with Gasteiger partial charge in [-0.1, -0.05) is 0 Å². The monoisotopic (exact) mass is 248 g/mol. The van der Waals surface area contributed by atoms with Gasteiger partial charge in [-0.05, 0) is 19.8 Å². The number of aromatic nitrogens is 2. The number of hydrogen-bond donors (Lipinski definition) is 0. The van der Waals surface area contributed by atoms with Gasteiger partial charge in [-0.25, -0.2) is 0 Å². The van der Waals surface area contributed by atoms with E-state index in [1.165, 1.54) is 0 Å². The molecule has 0 atom stereocenters. The Kier molecular flexibility index (Phi) is 6.88. The molecule has 0 spiro atoms. The second-order valence-electron chi connectivity index (χ2n) is 3.18. The van der Waals surface area contributed by atoms with E-state index in [-0.39, 0.29) is 0 Å². The van der Waals surface area contributed by atoms with Gasteiger partial charge in [0.25, 0.3) is 0 Å². The van der Waals surface area contributed by atoms with E-state index in [0.29, 0.717) is 5.88 Å². The molecule has 0 aromatic carbocycles. The van der Waals surface area contributed by atoms with Crippen molar-refractivity contribution in [2.45, 2.75) is 32.6 Å². The number of ether oxygens (including phenoxy) is 1. The lowest BCUT2D eigenvalue weighted by Crippen LogP contribution is -1.95. The molecule has 1 aromatic heterocycles. The highest BCUT2D eigenvalue weighted by atomic mass is 35.5. The van der Waals surface area contributed by atoms with E-state index in [4.69, 9.17) is 16.3 Å². The summed E-state index contributed by atoms with van der Waals surface area (Å²) in [5.74, 6) is 0.694. The van der Waals surface area contributed by atoms with Gasteiger partial charge in [0, 0.05) is 31.9 Å². The molecule has 0 radical (unpaired) electrons. The van der Waals surface area contributed by atoms with Gasteiger partial charge >= 0.3 is 0 Å². The van der Waals surface area contributed by atoms with Crippen molar-refractivity contribution in [1.29, 1.82) is 0 Å². The van der Waals surface area contributed by atoms with E-state index < -0.39 is 0 Å². The Hall–Kier alpha value is -0.190. The van der Waals surface area contributed by atoms with Crippen molar-refractivity contribution in [3.05, 3.63) is 10.0 Å². The lowest BCUT2D eigenvalue weighted by molar-refractivity contribution is 0.145.